The van der Waals surface area contributed by atoms with Gasteiger partial charge in [-0.3, -0.25) is 4.79 Å². The van der Waals surface area contributed by atoms with E-state index in [9.17, 15) is 9.59 Å². The monoisotopic (exact) mass is 217 g/mol. The van der Waals surface area contributed by atoms with Crippen LogP contribution < -0.4 is 5.32 Å². The Morgan fingerprint density at radius 2 is 2.19 bits per heavy atom. The van der Waals surface area contributed by atoms with Crippen LogP contribution in [-0.4, -0.2) is 17.0 Å². The topological polar surface area (TPSA) is 66.4 Å². The maximum absolute atomic E-state index is 11.2. The first-order valence-corrected chi connectivity index (χ1v) is 4.62. The highest BCUT2D eigenvalue weighted by Gasteiger charge is 2.07. The van der Waals surface area contributed by atoms with Crippen LogP contribution in [0.25, 0.3) is 0 Å². The number of benzene rings is 1. The smallest absolute Gasteiger partial charge is 0.335 e. The number of carbonyl (C=O) groups is 2. The molecule has 1 rings (SSSR count). The molecule has 0 heterocycles. The summed E-state index contributed by atoms with van der Waals surface area (Å²) < 4.78 is 0. The summed E-state index contributed by atoms with van der Waals surface area (Å²) in [6.45, 7) is 1.72. The van der Waals surface area contributed by atoms with Gasteiger partial charge in [0.25, 0.3) is 0 Å². The molecule has 0 radical (unpaired) electrons. The van der Waals surface area contributed by atoms with Crippen molar-refractivity contribution in [1.82, 2.24) is 0 Å². The molecule has 0 aliphatic carbocycles. The minimum absolute atomic E-state index is 0.000121. The lowest BCUT2D eigenvalue weighted by atomic mass is 10.1. The summed E-state index contributed by atoms with van der Waals surface area (Å²) in [6, 6.07) is 4.47. The molecule has 2 N–H and O–H groups in total. The lowest BCUT2D eigenvalue weighted by Gasteiger charge is -2.07. The van der Waals surface area contributed by atoms with Gasteiger partial charge in [0.05, 0.1) is 12.0 Å². The van der Waals surface area contributed by atoms with Crippen molar-refractivity contribution < 1.29 is 14.7 Å². The molecule has 0 aliphatic rings. The molecule has 0 aromatic heterocycles. The highest BCUT2D eigenvalue weighted by molar-refractivity contribution is 5.94. The second kappa shape index (κ2) is 4.99. The fourth-order valence-corrected chi connectivity index (χ4v) is 1.22. The van der Waals surface area contributed by atoms with E-state index in [4.69, 9.17) is 11.5 Å². The molecule has 4 nitrogen and oxygen atoms in total. The van der Waals surface area contributed by atoms with Gasteiger partial charge in [-0.2, -0.15) is 0 Å². The minimum Gasteiger partial charge on any atom is -0.478 e. The number of nitrogens with one attached hydrogen (secondary N) is 1. The van der Waals surface area contributed by atoms with Crippen molar-refractivity contribution in [3.8, 4) is 12.3 Å². The van der Waals surface area contributed by atoms with Gasteiger partial charge in [0.2, 0.25) is 5.91 Å². The molecule has 16 heavy (non-hydrogen) atoms. The van der Waals surface area contributed by atoms with Gasteiger partial charge in [0, 0.05) is 5.69 Å². The van der Waals surface area contributed by atoms with E-state index in [-0.39, 0.29) is 17.9 Å². The van der Waals surface area contributed by atoms with Crippen molar-refractivity contribution in [2.45, 2.75) is 13.3 Å². The fourth-order valence-electron chi connectivity index (χ4n) is 1.22. The van der Waals surface area contributed by atoms with E-state index in [1.54, 1.807) is 13.0 Å². The van der Waals surface area contributed by atoms with Gasteiger partial charge >= 0.3 is 5.97 Å². The number of rotatable bonds is 3. The first kappa shape index (κ1) is 11.8. The molecule has 4 heteroatoms. The van der Waals surface area contributed by atoms with Crippen LogP contribution in [0.2, 0.25) is 0 Å². The number of amides is 1. The van der Waals surface area contributed by atoms with Crippen molar-refractivity contribution in [1.29, 1.82) is 0 Å². The zero-order valence-corrected chi connectivity index (χ0v) is 8.78. The second-order valence-electron chi connectivity index (χ2n) is 3.26. The highest BCUT2D eigenvalue weighted by atomic mass is 16.4. The number of carboxylic acid groups (broad SMARTS) is 1. The van der Waals surface area contributed by atoms with E-state index in [0.29, 0.717) is 11.3 Å². The Bertz CT molecular complexity index is 472. The predicted octanol–water partition coefficient (Wildman–Crippen LogP) is 1.66. The molecule has 0 fully saturated rings. The van der Waals surface area contributed by atoms with Crippen molar-refractivity contribution in [2.24, 2.45) is 0 Å². The number of carbonyl (C=O) groups excluding carboxylic acids is 1. The second-order valence-corrected chi connectivity index (χ2v) is 3.26. The average Bonchev–Trinajstić information content (AvgIpc) is 2.21. The zero-order chi connectivity index (χ0) is 12.1. The van der Waals surface area contributed by atoms with E-state index in [1.807, 2.05) is 0 Å². The van der Waals surface area contributed by atoms with Gasteiger partial charge in [-0.25, -0.2) is 4.79 Å². The molecule has 0 spiro atoms. The minimum atomic E-state index is -0.996. The number of anilines is 1. The molecular weight excluding hydrogens is 206 g/mol. The van der Waals surface area contributed by atoms with Gasteiger partial charge in [-0.15, -0.1) is 6.42 Å². The zero-order valence-electron chi connectivity index (χ0n) is 8.78. The summed E-state index contributed by atoms with van der Waals surface area (Å²) in [7, 11) is 0. The van der Waals surface area contributed by atoms with E-state index < -0.39 is 5.97 Å². The Morgan fingerprint density at radius 3 is 2.69 bits per heavy atom. The van der Waals surface area contributed by atoms with Gasteiger partial charge in [-0.1, -0.05) is 5.92 Å². The van der Waals surface area contributed by atoms with E-state index in [1.165, 1.54) is 12.1 Å². The van der Waals surface area contributed by atoms with Crippen LogP contribution in [0, 0.1) is 19.3 Å². The lowest BCUT2D eigenvalue weighted by molar-refractivity contribution is -0.115. The molecular formula is C12H11NO3. The Morgan fingerprint density at radius 1 is 1.50 bits per heavy atom. The third-order valence-electron chi connectivity index (χ3n) is 2.01. The quantitative estimate of drug-likeness (QED) is 0.756. The Labute approximate surface area is 93.3 Å². The van der Waals surface area contributed by atoms with Crippen LogP contribution in [0.4, 0.5) is 5.69 Å². The van der Waals surface area contributed by atoms with Gasteiger partial charge < -0.3 is 10.4 Å². The predicted molar refractivity (Wildman–Crippen MR) is 60.2 cm³/mol. The first-order valence-electron chi connectivity index (χ1n) is 4.62. The van der Waals surface area contributed by atoms with Crippen LogP contribution in [0.3, 0.4) is 0 Å². The Balaban J connectivity index is 2.88. The van der Waals surface area contributed by atoms with Crippen molar-refractivity contribution in [2.75, 3.05) is 5.32 Å². The number of terminal acetylenes is 1. The van der Waals surface area contributed by atoms with Gasteiger partial charge in [-0.05, 0) is 30.7 Å². The molecule has 0 bridgehead atoms. The number of aryl methyl sites for hydroxylation is 1. The molecule has 1 amide bonds. The molecule has 0 saturated carbocycles. The van der Waals surface area contributed by atoms with Crippen LogP contribution in [0.5, 0.6) is 0 Å². The van der Waals surface area contributed by atoms with E-state index in [2.05, 4.69) is 11.2 Å². The highest BCUT2D eigenvalue weighted by Crippen LogP contribution is 2.16. The number of hydrogen-bond acceptors (Lipinski definition) is 2. The third kappa shape index (κ3) is 2.85. The largest absolute Gasteiger partial charge is 0.478 e. The van der Waals surface area contributed by atoms with Crippen molar-refractivity contribution in [3.63, 3.8) is 0 Å². The maximum Gasteiger partial charge on any atom is 0.335 e. The number of hydrogen-bond donors (Lipinski definition) is 2. The molecule has 0 saturated heterocycles. The summed E-state index contributed by atoms with van der Waals surface area (Å²) in [5.74, 6) is 0.951. The summed E-state index contributed by atoms with van der Waals surface area (Å²) in [6.07, 6.45) is 5.00. The SMILES string of the molecule is C#CCC(=O)Nc1ccc(C(=O)O)cc1C. The standard InChI is InChI=1S/C12H11NO3/c1-3-4-11(14)13-10-6-5-9(12(15)16)7-8(10)2/h1,5-7H,4H2,2H3,(H,13,14)(H,15,16). The van der Waals surface area contributed by atoms with Crippen LogP contribution in [0.1, 0.15) is 22.3 Å². The average molecular weight is 217 g/mol. The normalized spacial score (nSPS) is 9.25. The molecule has 0 unspecified atom stereocenters. The molecule has 82 valence electrons. The van der Waals surface area contributed by atoms with Crippen molar-refractivity contribution >= 4 is 17.6 Å². The fraction of sp³-hybridized carbons (Fsp3) is 0.167. The van der Waals surface area contributed by atoms with Gasteiger partial charge in [0.1, 0.15) is 0 Å². The molecule has 0 aliphatic heterocycles. The molecule has 0 atom stereocenters. The summed E-state index contributed by atoms with van der Waals surface area (Å²) in [5, 5.41) is 11.4. The Kier molecular flexibility index (Phi) is 3.67. The lowest BCUT2D eigenvalue weighted by Crippen LogP contribution is -2.11. The molecule has 1 aromatic rings. The third-order valence-corrected chi connectivity index (χ3v) is 2.01. The summed E-state index contributed by atoms with van der Waals surface area (Å²) >= 11 is 0. The number of aromatic carboxylic acids is 1. The first-order chi connectivity index (χ1) is 7.54. The summed E-state index contributed by atoms with van der Waals surface area (Å²) in [5.41, 5.74) is 1.45. The van der Waals surface area contributed by atoms with E-state index in [0.717, 1.165) is 0 Å². The summed E-state index contributed by atoms with van der Waals surface area (Å²) in [4.78, 5) is 21.9. The molecule has 1 aromatic carbocycles. The van der Waals surface area contributed by atoms with E-state index >= 15 is 0 Å². The number of carboxylic acids is 1. The van der Waals surface area contributed by atoms with Crippen molar-refractivity contribution in [3.05, 3.63) is 29.3 Å². The van der Waals surface area contributed by atoms with Crippen LogP contribution in [0.15, 0.2) is 18.2 Å². The van der Waals surface area contributed by atoms with Crippen LogP contribution in [-0.2, 0) is 4.79 Å². The van der Waals surface area contributed by atoms with Crippen LogP contribution >= 0.6 is 0 Å². The Hall–Kier alpha value is -2.28. The maximum atomic E-state index is 11.2. The van der Waals surface area contributed by atoms with Gasteiger partial charge in [0.15, 0.2) is 0 Å².